The molecule has 0 spiro atoms. The van der Waals surface area contributed by atoms with Crippen molar-refractivity contribution in [2.45, 2.75) is 72.2 Å². The van der Waals surface area contributed by atoms with Crippen molar-refractivity contribution < 1.29 is 14.6 Å². The Hall–Kier alpha value is -3.76. The molecule has 1 N–H and O–H groups in total. The van der Waals surface area contributed by atoms with E-state index in [0.717, 1.165) is 57.5 Å². The lowest BCUT2D eigenvalue weighted by molar-refractivity contribution is 0.272. The van der Waals surface area contributed by atoms with E-state index >= 15 is 0 Å². The van der Waals surface area contributed by atoms with E-state index in [1.54, 1.807) is 0 Å². The highest BCUT2D eigenvalue weighted by atomic mass is 35.5. The van der Waals surface area contributed by atoms with Crippen molar-refractivity contribution in [3.8, 4) is 28.7 Å². The molecule has 4 aromatic rings. The van der Waals surface area contributed by atoms with Crippen LogP contribution in [0.15, 0.2) is 60.7 Å². The molecule has 4 aromatic carbocycles. The van der Waals surface area contributed by atoms with E-state index in [0.29, 0.717) is 29.0 Å². The molecule has 1 atom stereocenters. The van der Waals surface area contributed by atoms with E-state index in [1.165, 1.54) is 22.0 Å². The number of fused-ring (bicyclic) bond motifs is 3. The van der Waals surface area contributed by atoms with Crippen molar-refractivity contribution in [1.29, 1.82) is 0 Å². The quantitative estimate of drug-likeness (QED) is 0.169. The van der Waals surface area contributed by atoms with Gasteiger partial charge >= 0.3 is 0 Å². The Morgan fingerprint density at radius 3 is 2.29 bits per heavy atom. The van der Waals surface area contributed by atoms with Gasteiger partial charge in [-0.2, -0.15) is 0 Å². The van der Waals surface area contributed by atoms with Gasteiger partial charge in [0, 0.05) is 40.3 Å². The molecule has 5 heteroatoms. The lowest BCUT2D eigenvalue weighted by Crippen LogP contribution is -2.52. The molecule has 2 aliphatic heterocycles. The molecule has 0 aliphatic carbocycles. The summed E-state index contributed by atoms with van der Waals surface area (Å²) < 4.78 is 15.5. The zero-order valence-corrected chi connectivity index (χ0v) is 26.3. The Labute approximate surface area is 253 Å². The molecule has 0 saturated heterocycles. The molecule has 42 heavy (non-hydrogen) atoms. The molecule has 2 aliphatic rings. The summed E-state index contributed by atoms with van der Waals surface area (Å²) in [5.74, 6) is 4.18. The first kappa shape index (κ1) is 28.4. The summed E-state index contributed by atoms with van der Waals surface area (Å²) in [4.78, 5) is 0. The van der Waals surface area contributed by atoms with E-state index in [1.807, 2.05) is 38.1 Å². The molecule has 2 heterocycles. The van der Waals surface area contributed by atoms with Crippen LogP contribution in [0.3, 0.4) is 0 Å². The molecular weight excluding hydrogens is 542 g/mol. The van der Waals surface area contributed by atoms with Crippen LogP contribution in [0.5, 0.6) is 28.7 Å². The van der Waals surface area contributed by atoms with Gasteiger partial charge in [-0.3, -0.25) is 0 Å². The molecule has 0 amide bonds. The number of rotatable bonds is 5. The highest BCUT2D eigenvalue weighted by molar-refractivity contribution is 6.17. The fourth-order valence-electron chi connectivity index (χ4n) is 7.00. The van der Waals surface area contributed by atoms with Crippen LogP contribution in [0.25, 0.3) is 5.57 Å². The van der Waals surface area contributed by atoms with Crippen molar-refractivity contribution in [1.82, 2.24) is 4.58 Å². The number of nitrogens with zero attached hydrogens (tertiary/aromatic N) is 1. The van der Waals surface area contributed by atoms with Crippen LogP contribution >= 0.6 is 11.6 Å². The van der Waals surface area contributed by atoms with Crippen molar-refractivity contribution in [3.63, 3.8) is 0 Å². The Kier molecular flexibility index (Phi) is 7.09. The van der Waals surface area contributed by atoms with Crippen LogP contribution in [-0.4, -0.2) is 17.2 Å². The van der Waals surface area contributed by atoms with Crippen molar-refractivity contribution in [2.24, 2.45) is 0 Å². The molecule has 0 radical (unpaired) electrons. The molecule has 6 rings (SSSR count). The number of phenols is 1. The van der Waals surface area contributed by atoms with Crippen molar-refractivity contribution in [2.75, 3.05) is 6.54 Å². The van der Waals surface area contributed by atoms with Gasteiger partial charge in [-0.1, -0.05) is 25.1 Å². The third-order valence-corrected chi connectivity index (χ3v) is 9.24. The number of ether oxygens (including phenoxy) is 2. The molecule has 1 unspecified atom stereocenters. The maximum absolute atomic E-state index is 10.2. The van der Waals surface area contributed by atoms with E-state index in [-0.39, 0.29) is 5.54 Å². The number of aryl methyl sites for hydroxylation is 3. The largest absolute Gasteiger partial charge is 0.507 e. The van der Waals surface area contributed by atoms with E-state index in [2.05, 4.69) is 75.6 Å². The van der Waals surface area contributed by atoms with Crippen LogP contribution < -0.4 is 24.6 Å². The Morgan fingerprint density at radius 1 is 0.905 bits per heavy atom. The van der Waals surface area contributed by atoms with Gasteiger partial charge in [-0.15, -0.1) is 11.6 Å². The lowest BCUT2D eigenvalue weighted by atomic mass is 9.81. The number of hydrogen-bond acceptors (Lipinski definition) is 3. The third-order valence-electron chi connectivity index (χ3n) is 8.93. The SMILES string of the molecule is CC[N+]1=c2cc3c(cc2C(C)CC1(C)C)=C(c1ccc(CCl)cc1C)c1ccc(Oc2cc(C)c(O)c(C)c2)cc1O3. The molecule has 0 bridgehead atoms. The number of aromatic hydroxyl groups is 1. The van der Waals surface area contributed by atoms with Gasteiger partial charge in [0.2, 0.25) is 5.36 Å². The second kappa shape index (κ2) is 10.5. The first-order valence-corrected chi connectivity index (χ1v) is 15.3. The van der Waals surface area contributed by atoms with Gasteiger partial charge in [-0.05, 0) is 106 Å². The van der Waals surface area contributed by atoms with Crippen LogP contribution in [0.2, 0.25) is 0 Å². The average Bonchev–Trinajstić information content (AvgIpc) is 2.94. The zero-order valence-electron chi connectivity index (χ0n) is 25.6. The molecule has 0 aromatic heterocycles. The van der Waals surface area contributed by atoms with Gasteiger partial charge in [0.25, 0.3) is 0 Å². The Balaban J connectivity index is 1.59. The fourth-order valence-corrected chi connectivity index (χ4v) is 7.17. The molecule has 0 saturated carbocycles. The lowest BCUT2D eigenvalue weighted by Gasteiger charge is -2.31. The zero-order chi connectivity index (χ0) is 29.9. The third kappa shape index (κ3) is 4.76. The first-order chi connectivity index (χ1) is 20.0. The van der Waals surface area contributed by atoms with E-state index in [4.69, 9.17) is 21.1 Å². The topological polar surface area (TPSA) is 41.7 Å². The number of alkyl halides is 1. The Morgan fingerprint density at radius 2 is 1.62 bits per heavy atom. The second-order valence-corrected chi connectivity index (χ2v) is 12.8. The predicted octanol–water partition coefficient (Wildman–Crippen LogP) is 8.00. The summed E-state index contributed by atoms with van der Waals surface area (Å²) in [6, 6.07) is 20.9. The molecule has 216 valence electrons. The van der Waals surface area contributed by atoms with Crippen molar-refractivity contribution in [3.05, 3.63) is 110 Å². The monoisotopic (exact) mass is 580 g/mol. The highest BCUT2D eigenvalue weighted by Crippen LogP contribution is 2.41. The van der Waals surface area contributed by atoms with Gasteiger partial charge in [0.05, 0.1) is 6.07 Å². The van der Waals surface area contributed by atoms with Crippen LogP contribution in [-0.2, 0) is 5.88 Å². The summed E-state index contributed by atoms with van der Waals surface area (Å²) in [5, 5.41) is 12.6. The highest BCUT2D eigenvalue weighted by Gasteiger charge is 2.38. The minimum atomic E-state index is 0.0594. The van der Waals surface area contributed by atoms with E-state index in [9.17, 15) is 5.11 Å². The maximum Gasteiger partial charge on any atom is 0.207 e. The minimum absolute atomic E-state index is 0.0594. The smallest absolute Gasteiger partial charge is 0.207 e. The first-order valence-electron chi connectivity index (χ1n) is 14.8. The summed E-state index contributed by atoms with van der Waals surface area (Å²) >= 11 is 6.20. The van der Waals surface area contributed by atoms with Gasteiger partial charge in [0.1, 0.15) is 35.3 Å². The van der Waals surface area contributed by atoms with Crippen molar-refractivity contribution >= 4 is 17.2 Å². The standard InChI is InChI=1S/C37H38ClNO3/c1-8-39-32-18-34-31(17-30(32)24(5)19-37(39,6)7)35(28-11-9-25(20-38)13-21(28)2)29-12-10-26(16-33(29)42-34)41-27-14-22(3)36(40)23(4)15-27/h9-18,24H,8,19-20H2,1-7H3/p+1. The fraction of sp³-hybridized carbons (Fsp3) is 0.324. The molecule has 4 nitrogen and oxygen atoms in total. The number of benzene rings is 4. The van der Waals surface area contributed by atoms with Crippen LogP contribution in [0.1, 0.15) is 79.0 Å². The number of hydrogen-bond donors (Lipinski definition) is 1. The summed E-state index contributed by atoms with van der Waals surface area (Å²) in [5.41, 5.74) is 8.64. The predicted molar refractivity (Wildman–Crippen MR) is 171 cm³/mol. The second-order valence-electron chi connectivity index (χ2n) is 12.5. The summed E-state index contributed by atoms with van der Waals surface area (Å²) in [6.07, 6.45) is 1.10. The molecular formula is C37H39ClNO3+. The average molecular weight is 581 g/mol. The van der Waals surface area contributed by atoms with Crippen LogP contribution in [0, 0.1) is 20.8 Å². The summed E-state index contributed by atoms with van der Waals surface area (Å²) in [7, 11) is 0. The number of halogens is 1. The maximum atomic E-state index is 10.2. The summed E-state index contributed by atoms with van der Waals surface area (Å²) in [6.45, 7) is 16.1. The van der Waals surface area contributed by atoms with Gasteiger partial charge in [-0.25, -0.2) is 4.58 Å². The van der Waals surface area contributed by atoms with Gasteiger partial charge in [0.15, 0.2) is 5.54 Å². The minimum Gasteiger partial charge on any atom is -0.507 e. The van der Waals surface area contributed by atoms with E-state index < -0.39 is 0 Å². The normalized spacial score (nSPS) is 16.8. The van der Waals surface area contributed by atoms with Gasteiger partial charge < -0.3 is 14.6 Å². The van der Waals surface area contributed by atoms with Crippen LogP contribution in [0.4, 0.5) is 0 Å². The number of phenolic OH excluding ortho intramolecular Hbond substituents is 1. The molecule has 0 fully saturated rings. The Bertz CT molecular complexity index is 1850.